The van der Waals surface area contributed by atoms with Crippen molar-refractivity contribution in [2.45, 2.75) is 38.6 Å². The van der Waals surface area contributed by atoms with Gasteiger partial charge in [-0.1, -0.05) is 12.8 Å². The van der Waals surface area contributed by atoms with Gasteiger partial charge in [0, 0.05) is 12.2 Å². The first-order chi connectivity index (χ1) is 7.81. The molecule has 88 valence electrons. The second-order valence-corrected chi connectivity index (χ2v) is 4.54. The van der Waals surface area contributed by atoms with E-state index in [1.54, 1.807) is 13.3 Å². The molecule has 1 unspecified atom stereocenters. The van der Waals surface area contributed by atoms with E-state index in [1.165, 1.54) is 25.7 Å². The fourth-order valence-electron chi connectivity index (χ4n) is 2.48. The topological polar surface area (TPSA) is 34.1 Å². The molecule has 0 aromatic carbocycles. The van der Waals surface area contributed by atoms with Gasteiger partial charge >= 0.3 is 0 Å². The van der Waals surface area contributed by atoms with Crippen molar-refractivity contribution in [1.82, 2.24) is 4.98 Å². The molecule has 0 spiro atoms. The summed E-state index contributed by atoms with van der Waals surface area (Å²) in [6.07, 6.45) is 7.19. The van der Waals surface area contributed by atoms with Crippen LogP contribution in [0.3, 0.4) is 0 Å². The molecular weight excluding hydrogens is 200 g/mol. The van der Waals surface area contributed by atoms with E-state index >= 15 is 0 Å². The molecule has 3 heteroatoms. The van der Waals surface area contributed by atoms with Crippen LogP contribution in [0.4, 0.5) is 5.69 Å². The van der Waals surface area contributed by atoms with E-state index in [1.807, 2.05) is 12.1 Å². The predicted molar refractivity (Wildman–Crippen MR) is 65.8 cm³/mol. The van der Waals surface area contributed by atoms with Gasteiger partial charge in [0.2, 0.25) is 5.88 Å². The van der Waals surface area contributed by atoms with Crippen molar-refractivity contribution in [2.24, 2.45) is 5.92 Å². The van der Waals surface area contributed by atoms with Crippen LogP contribution < -0.4 is 10.1 Å². The van der Waals surface area contributed by atoms with E-state index in [9.17, 15) is 0 Å². The molecule has 1 aliphatic carbocycles. The van der Waals surface area contributed by atoms with E-state index in [4.69, 9.17) is 4.74 Å². The van der Waals surface area contributed by atoms with Crippen molar-refractivity contribution < 1.29 is 4.74 Å². The molecule has 0 radical (unpaired) electrons. The molecule has 1 aromatic rings. The van der Waals surface area contributed by atoms with Gasteiger partial charge in [-0.2, -0.15) is 0 Å². The molecule has 0 amide bonds. The van der Waals surface area contributed by atoms with Crippen molar-refractivity contribution >= 4 is 5.69 Å². The van der Waals surface area contributed by atoms with Crippen LogP contribution in [-0.2, 0) is 0 Å². The minimum atomic E-state index is 0.501. The summed E-state index contributed by atoms with van der Waals surface area (Å²) in [5, 5.41) is 3.52. The lowest BCUT2D eigenvalue weighted by molar-refractivity contribution is 0.397. The molecule has 1 aliphatic rings. The van der Waals surface area contributed by atoms with Gasteiger partial charge in [-0.15, -0.1) is 0 Å². The van der Waals surface area contributed by atoms with Crippen molar-refractivity contribution in [3.63, 3.8) is 0 Å². The number of methoxy groups -OCH3 is 1. The fraction of sp³-hybridized carbons (Fsp3) is 0.615. The molecule has 0 saturated heterocycles. The normalized spacial score (nSPS) is 18.4. The monoisotopic (exact) mass is 220 g/mol. The number of aromatic nitrogens is 1. The lowest BCUT2D eigenvalue weighted by Gasteiger charge is -2.22. The zero-order valence-electron chi connectivity index (χ0n) is 10.1. The summed E-state index contributed by atoms with van der Waals surface area (Å²) in [6, 6.07) is 4.46. The average Bonchev–Trinajstić information content (AvgIpc) is 2.83. The zero-order chi connectivity index (χ0) is 11.4. The number of ether oxygens (including phenoxy) is 1. The van der Waals surface area contributed by atoms with Gasteiger partial charge in [0.05, 0.1) is 12.8 Å². The Labute approximate surface area is 97.2 Å². The molecule has 1 N–H and O–H groups in total. The highest BCUT2D eigenvalue weighted by atomic mass is 16.5. The number of hydrogen-bond donors (Lipinski definition) is 1. The lowest BCUT2D eigenvalue weighted by Crippen LogP contribution is -2.24. The van der Waals surface area contributed by atoms with Gasteiger partial charge in [-0.25, -0.2) is 4.98 Å². The minimum Gasteiger partial charge on any atom is -0.480 e. The van der Waals surface area contributed by atoms with Gasteiger partial charge in [-0.3, -0.25) is 0 Å². The highest BCUT2D eigenvalue weighted by molar-refractivity contribution is 5.52. The third-order valence-electron chi connectivity index (χ3n) is 3.45. The van der Waals surface area contributed by atoms with Gasteiger partial charge in [0.15, 0.2) is 0 Å². The van der Waals surface area contributed by atoms with Crippen LogP contribution in [0, 0.1) is 5.92 Å². The molecule has 0 aliphatic heterocycles. The Morgan fingerprint density at radius 3 is 2.88 bits per heavy atom. The van der Waals surface area contributed by atoms with Crippen LogP contribution in [0.15, 0.2) is 18.3 Å². The molecule has 1 aromatic heterocycles. The maximum absolute atomic E-state index is 5.24. The Bertz CT molecular complexity index is 334. The first-order valence-corrected chi connectivity index (χ1v) is 6.07. The van der Waals surface area contributed by atoms with Crippen LogP contribution >= 0.6 is 0 Å². The molecule has 16 heavy (non-hydrogen) atoms. The third kappa shape index (κ3) is 2.46. The predicted octanol–water partition coefficient (Wildman–Crippen LogP) is 3.08. The molecule has 2 rings (SSSR count). The number of rotatable bonds is 4. The van der Waals surface area contributed by atoms with Crippen LogP contribution in [-0.4, -0.2) is 18.1 Å². The first-order valence-electron chi connectivity index (χ1n) is 6.07. The Morgan fingerprint density at radius 1 is 1.44 bits per heavy atom. The summed E-state index contributed by atoms with van der Waals surface area (Å²) in [5.41, 5.74) is 1.00. The summed E-state index contributed by atoms with van der Waals surface area (Å²) in [6.45, 7) is 2.25. The van der Waals surface area contributed by atoms with Crippen molar-refractivity contribution in [2.75, 3.05) is 12.4 Å². The minimum absolute atomic E-state index is 0.501. The van der Waals surface area contributed by atoms with E-state index in [-0.39, 0.29) is 0 Å². The van der Waals surface area contributed by atoms with E-state index in [2.05, 4.69) is 17.2 Å². The van der Waals surface area contributed by atoms with Gasteiger partial charge in [0.25, 0.3) is 0 Å². The van der Waals surface area contributed by atoms with Crippen LogP contribution in [0.5, 0.6) is 5.88 Å². The maximum atomic E-state index is 5.24. The molecule has 0 bridgehead atoms. The second kappa shape index (κ2) is 5.19. The Kier molecular flexibility index (Phi) is 3.65. The molecule has 1 saturated carbocycles. The SMILES string of the molecule is COc1ncccc1NC(C)C1CCCC1. The summed E-state index contributed by atoms with van der Waals surface area (Å²) in [5.74, 6) is 1.48. The molecule has 3 nitrogen and oxygen atoms in total. The highest BCUT2D eigenvalue weighted by Crippen LogP contribution is 2.30. The second-order valence-electron chi connectivity index (χ2n) is 4.54. The van der Waals surface area contributed by atoms with E-state index in [0.717, 1.165) is 11.6 Å². The van der Waals surface area contributed by atoms with Gasteiger partial charge in [-0.05, 0) is 37.8 Å². The third-order valence-corrected chi connectivity index (χ3v) is 3.45. The van der Waals surface area contributed by atoms with E-state index < -0.39 is 0 Å². The molecular formula is C13H20N2O. The number of anilines is 1. The Balaban J connectivity index is 2.01. The van der Waals surface area contributed by atoms with Crippen LogP contribution in [0.1, 0.15) is 32.6 Å². The molecule has 1 heterocycles. The fourth-order valence-corrected chi connectivity index (χ4v) is 2.48. The Hall–Kier alpha value is -1.25. The Morgan fingerprint density at radius 2 is 2.19 bits per heavy atom. The van der Waals surface area contributed by atoms with Crippen molar-refractivity contribution in [3.8, 4) is 5.88 Å². The summed E-state index contributed by atoms with van der Waals surface area (Å²) < 4.78 is 5.24. The average molecular weight is 220 g/mol. The van der Waals surface area contributed by atoms with Crippen molar-refractivity contribution in [1.29, 1.82) is 0 Å². The van der Waals surface area contributed by atoms with Crippen molar-refractivity contribution in [3.05, 3.63) is 18.3 Å². The molecule has 1 fully saturated rings. The zero-order valence-corrected chi connectivity index (χ0v) is 10.1. The van der Waals surface area contributed by atoms with E-state index in [0.29, 0.717) is 11.9 Å². The number of hydrogen-bond acceptors (Lipinski definition) is 3. The van der Waals surface area contributed by atoms with Crippen LogP contribution in [0.25, 0.3) is 0 Å². The quantitative estimate of drug-likeness (QED) is 0.846. The van der Waals surface area contributed by atoms with Gasteiger partial charge in [0.1, 0.15) is 0 Å². The molecule has 1 atom stereocenters. The smallest absolute Gasteiger partial charge is 0.237 e. The summed E-state index contributed by atoms with van der Waals surface area (Å²) in [7, 11) is 1.66. The largest absolute Gasteiger partial charge is 0.480 e. The first kappa shape index (κ1) is 11.2. The standard InChI is InChI=1S/C13H20N2O/c1-10(11-6-3-4-7-11)15-12-8-5-9-14-13(12)16-2/h5,8-11,15H,3-4,6-7H2,1-2H3. The highest BCUT2D eigenvalue weighted by Gasteiger charge is 2.22. The summed E-state index contributed by atoms with van der Waals surface area (Å²) in [4.78, 5) is 4.19. The summed E-state index contributed by atoms with van der Waals surface area (Å²) >= 11 is 0. The maximum Gasteiger partial charge on any atom is 0.237 e. The van der Waals surface area contributed by atoms with Gasteiger partial charge < -0.3 is 10.1 Å². The number of nitrogens with zero attached hydrogens (tertiary/aromatic N) is 1. The number of nitrogens with one attached hydrogen (secondary N) is 1. The van der Waals surface area contributed by atoms with Crippen LogP contribution in [0.2, 0.25) is 0 Å². The number of pyridine rings is 1. The lowest BCUT2D eigenvalue weighted by atomic mass is 10.00.